The average molecular weight is 272 g/mol. The lowest BCUT2D eigenvalue weighted by atomic mass is 10.0. The zero-order chi connectivity index (χ0) is 13.6. The molecule has 1 aromatic carbocycles. The Kier molecular flexibility index (Phi) is 5.58. The van der Waals surface area contributed by atoms with Gasteiger partial charge in [-0.1, -0.05) is 25.1 Å². The van der Waals surface area contributed by atoms with Crippen molar-refractivity contribution < 1.29 is 13.5 Å². The van der Waals surface area contributed by atoms with Crippen molar-refractivity contribution in [2.24, 2.45) is 5.14 Å². The van der Waals surface area contributed by atoms with Gasteiger partial charge in [0.05, 0.1) is 5.75 Å². The molecule has 0 fully saturated rings. The van der Waals surface area contributed by atoms with Gasteiger partial charge in [0, 0.05) is 11.6 Å². The van der Waals surface area contributed by atoms with Gasteiger partial charge in [-0.3, -0.25) is 0 Å². The topological polar surface area (TPSA) is 92.4 Å². The van der Waals surface area contributed by atoms with Crippen molar-refractivity contribution in [2.75, 3.05) is 12.3 Å². The number of phenols is 1. The molecule has 0 saturated heterocycles. The van der Waals surface area contributed by atoms with Crippen molar-refractivity contribution in [1.29, 1.82) is 0 Å². The maximum absolute atomic E-state index is 10.8. The summed E-state index contributed by atoms with van der Waals surface area (Å²) in [4.78, 5) is 0. The fourth-order valence-corrected chi connectivity index (χ4v) is 2.35. The first-order valence-electron chi connectivity index (χ1n) is 5.95. The van der Waals surface area contributed by atoms with Crippen LogP contribution in [0.3, 0.4) is 0 Å². The maximum atomic E-state index is 10.8. The number of nitrogens with two attached hydrogens (primary N) is 1. The Morgan fingerprint density at radius 3 is 2.61 bits per heavy atom. The Labute approximate surface area is 108 Å². The number of benzene rings is 1. The molecule has 0 spiro atoms. The van der Waals surface area contributed by atoms with Crippen LogP contribution < -0.4 is 10.5 Å². The van der Waals surface area contributed by atoms with Gasteiger partial charge in [-0.25, -0.2) is 13.6 Å². The highest BCUT2D eigenvalue weighted by molar-refractivity contribution is 7.89. The van der Waals surface area contributed by atoms with Gasteiger partial charge in [0.15, 0.2) is 0 Å². The molecular weight excluding hydrogens is 252 g/mol. The zero-order valence-corrected chi connectivity index (χ0v) is 11.3. The first-order chi connectivity index (χ1) is 8.44. The third-order valence-electron chi connectivity index (χ3n) is 2.72. The second-order valence-corrected chi connectivity index (χ2v) is 5.93. The first-order valence-corrected chi connectivity index (χ1v) is 7.67. The van der Waals surface area contributed by atoms with Crippen LogP contribution in [-0.2, 0) is 10.0 Å². The van der Waals surface area contributed by atoms with Crippen LogP contribution in [0.2, 0.25) is 0 Å². The molecule has 0 radical (unpaired) electrons. The van der Waals surface area contributed by atoms with E-state index in [-0.39, 0.29) is 17.5 Å². The van der Waals surface area contributed by atoms with E-state index in [9.17, 15) is 13.5 Å². The van der Waals surface area contributed by atoms with E-state index in [1.54, 1.807) is 12.1 Å². The summed E-state index contributed by atoms with van der Waals surface area (Å²) in [5.41, 5.74) is 0.829. The Hall–Kier alpha value is -1.11. The molecule has 0 aromatic heterocycles. The molecule has 1 unspecified atom stereocenters. The Balaban J connectivity index is 2.51. The molecule has 0 saturated carbocycles. The summed E-state index contributed by atoms with van der Waals surface area (Å²) in [5, 5.41) is 17.9. The quantitative estimate of drug-likeness (QED) is 0.648. The molecular formula is C12H20N2O3S. The number of nitrogens with one attached hydrogen (secondary N) is 1. The van der Waals surface area contributed by atoms with Crippen molar-refractivity contribution in [3.05, 3.63) is 29.8 Å². The van der Waals surface area contributed by atoms with E-state index in [0.29, 0.717) is 13.0 Å². The van der Waals surface area contributed by atoms with Crippen molar-refractivity contribution in [1.82, 2.24) is 5.32 Å². The number of hydrogen-bond acceptors (Lipinski definition) is 4. The number of rotatable bonds is 7. The van der Waals surface area contributed by atoms with E-state index in [0.717, 1.165) is 12.0 Å². The monoisotopic (exact) mass is 272 g/mol. The lowest BCUT2D eigenvalue weighted by Crippen LogP contribution is -2.25. The summed E-state index contributed by atoms with van der Waals surface area (Å²) >= 11 is 0. The maximum Gasteiger partial charge on any atom is 0.209 e. The van der Waals surface area contributed by atoms with E-state index in [1.165, 1.54) is 0 Å². The predicted octanol–water partition coefficient (Wildman–Crippen LogP) is 1.11. The summed E-state index contributed by atoms with van der Waals surface area (Å²) in [6.07, 6.45) is 1.27. The van der Waals surface area contributed by atoms with Gasteiger partial charge in [-0.05, 0) is 25.5 Å². The number of sulfonamides is 1. The smallest absolute Gasteiger partial charge is 0.209 e. The Bertz CT molecular complexity index is 474. The Morgan fingerprint density at radius 1 is 1.39 bits per heavy atom. The summed E-state index contributed by atoms with van der Waals surface area (Å²) < 4.78 is 21.6. The van der Waals surface area contributed by atoms with E-state index < -0.39 is 10.0 Å². The van der Waals surface area contributed by atoms with Crippen LogP contribution in [0, 0.1) is 0 Å². The third kappa shape index (κ3) is 5.03. The number of primary sulfonamides is 1. The molecule has 0 aliphatic rings. The molecule has 6 heteroatoms. The van der Waals surface area contributed by atoms with Crippen molar-refractivity contribution in [3.8, 4) is 5.75 Å². The van der Waals surface area contributed by atoms with E-state index >= 15 is 0 Å². The molecule has 0 amide bonds. The van der Waals surface area contributed by atoms with Crippen LogP contribution >= 0.6 is 0 Å². The molecule has 18 heavy (non-hydrogen) atoms. The summed E-state index contributed by atoms with van der Waals surface area (Å²) in [6, 6.07) is 7.16. The molecule has 1 rings (SSSR count). The van der Waals surface area contributed by atoms with Gasteiger partial charge >= 0.3 is 0 Å². The lowest BCUT2D eigenvalue weighted by Gasteiger charge is -2.18. The Morgan fingerprint density at radius 2 is 2.06 bits per heavy atom. The highest BCUT2D eigenvalue weighted by Crippen LogP contribution is 2.25. The minimum Gasteiger partial charge on any atom is -0.508 e. The van der Waals surface area contributed by atoms with Gasteiger partial charge in [-0.15, -0.1) is 0 Å². The van der Waals surface area contributed by atoms with Crippen LogP contribution in [0.25, 0.3) is 0 Å². The number of phenolic OH excluding ortho intramolecular Hbond substituents is 1. The number of hydrogen-bond donors (Lipinski definition) is 3. The summed E-state index contributed by atoms with van der Waals surface area (Å²) in [5.74, 6) is 0.223. The van der Waals surface area contributed by atoms with Gasteiger partial charge in [-0.2, -0.15) is 0 Å². The molecule has 0 heterocycles. The third-order valence-corrected chi connectivity index (χ3v) is 3.57. The van der Waals surface area contributed by atoms with Gasteiger partial charge in [0.2, 0.25) is 10.0 Å². The van der Waals surface area contributed by atoms with E-state index in [1.807, 2.05) is 19.1 Å². The molecule has 5 nitrogen and oxygen atoms in total. The standard InChI is InChI=1S/C12H20N2O3S/c1-2-11(10-6-3-4-7-12(10)15)14-8-5-9-18(13,16)17/h3-4,6-7,11,14-15H,2,5,8-9H2,1H3,(H2,13,16,17). The lowest BCUT2D eigenvalue weighted by molar-refractivity contribution is 0.441. The predicted molar refractivity (Wildman–Crippen MR) is 71.7 cm³/mol. The second-order valence-electron chi connectivity index (χ2n) is 4.19. The summed E-state index contributed by atoms with van der Waals surface area (Å²) in [7, 11) is -3.39. The number of aromatic hydroxyl groups is 1. The minimum atomic E-state index is -3.39. The van der Waals surface area contributed by atoms with Gasteiger partial charge in [0.25, 0.3) is 0 Å². The fraction of sp³-hybridized carbons (Fsp3) is 0.500. The molecule has 1 atom stereocenters. The normalized spacial score (nSPS) is 13.4. The SMILES string of the molecule is CCC(NCCCS(N)(=O)=O)c1ccccc1O. The molecule has 1 aromatic rings. The van der Waals surface area contributed by atoms with Crippen LogP contribution in [0.5, 0.6) is 5.75 Å². The highest BCUT2D eigenvalue weighted by Gasteiger charge is 2.12. The molecule has 0 aliphatic carbocycles. The zero-order valence-electron chi connectivity index (χ0n) is 10.5. The average Bonchev–Trinajstić information content (AvgIpc) is 2.29. The molecule has 4 N–H and O–H groups in total. The van der Waals surface area contributed by atoms with Crippen molar-refractivity contribution in [2.45, 2.75) is 25.8 Å². The molecule has 0 aliphatic heterocycles. The van der Waals surface area contributed by atoms with Crippen LogP contribution in [-0.4, -0.2) is 25.8 Å². The molecule has 102 valence electrons. The van der Waals surface area contributed by atoms with Crippen LogP contribution in [0.4, 0.5) is 0 Å². The highest BCUT2D eigenvalue weighted by atomic mass is 32.2. The van der Waals surface area contributed by atoms with E-state index in [2.05, 4.69) is 5.32 Å². The minimum absolute atomic E-state index is 0.0201. The van der Waals surface area contributed by atoms with Gasteiger partial charge in [0.1, 0.15) is 5.75 Å². The van der Waals surface area contributed by atoms with Crippen LogP contribution in [0.1, 0.15) is 31.4 Å². The van der Waals surface area contributed by atoms with E-state index in [4.69, 9.17) is 5.14 Å². The van der Waals surface area contributed by atoms with Crippen molar-refractivity contribution in [3.63, 3.8) is 0 Å². The van der Waals surface area contributed by atoms with Gasteiger partial charge < -0.3 is 10.4 Å². The number of para-hydroxylation sites is 1. The molecule has 0 bridgehead atoms. The van der Waals surface area contributed by atoms with Crippen LogP contribution in [0.15, 0.2) is 24.3 Å². The largest absolute Gasteiger partial charge is 0.508 e. The fourth-order valence-electron chi connectivity index (χ4n) is 1.81. The first kappa shape index (κ1) is 14.9. The summed E-state index contributed by atoms with van der Waals surface area (Å²) in [6.45, 7) is 2.55. The second kappa shape index (κ2) is 6.72. The van der Waals surface area contributed by atoms with Crippen molar-refractivity contribution >= 4 is 10.0 Å².